The molecule has 0 aliphatic heterocycles. The maximum absolute atomic E-state index is 3.00. The maximum Gasteiger partial charge on any atom is 0 e. The van der Waals surface area contributed by atoms with Crippen LogP contribution in [0.4, 0.5) is 0 Å². The van der Waals surface area contributed by atoms with Gasteiger partial charge in [-0.1, -0.05) is 65.7 Å². The Labute approximate surface area is 169 Å². The van der Waals surface area contributed by atoms with E-state index in [-0.39, 0.29) is 21.7 Å². The zero-order valence-electron chi connectivity index (χ0n) is 16.1. The van der Waals surface area contributed by atoms with Gasteiger partial charge in [0.25, 0.3) is 0 Å². The molecule has 0 N–H and O–H groups in total. The Kier molecular flexibility index (Phi) is 16.3. The van der Waals surface area contributed by atoms with E-state index in [2.05, 4.69) is 26.3 Å². The second kappa shape index (κ2) is 15.8. The van der Waals surface area contributed by atoms with Crippen molar-refractivity contribution in [2.45, 2.75) is 113 Å². The fourth-order valence-corrected chi connectivity index (χ4v) is 9.71. The summed E-state index contributed by atoms with van der Waals surface area (Å²) in [6.07, 6.45) is 23.6. The first-order valence-corrected chi connectivity index (χ1v) is 11.8. The summed E-state index contributed by atoms with van der Waals surface area (Å²) in [5.74, 6) is 0. The largest absolute Gasteiger partial charge is 0.106 e. The van der Waals surface area contributed by atoms with Crippen LogP contribution in [-0.2, 0) is 21.7 Å². The van der Waals surface area contributed by atoms with Crippen molar-refractivity contribution in [3.8, 4) is 0 Å². The van der Waals surface area contributed by atoms with Gasteiger partial charge in [0.05, 0.1) is 0 Å². The topological polar surface area (TPSA) is 0 Å². The Morgan fingerprint density at radius 2 is 0.625 bits per heavy atom. The molecule has 0 unspecified atom stereocenters. The number of hydrogen-bond donors (Lipinski definition) is 0. The van der Waals surface area contributed by atoms with Gasteiger partial charge in [-0.25, -0.2) is 0 Å². The van der Waals surface area contributed by atoms with Crippen LogP contribution in [0.1, 0.15) is 96.3 Å². The minimum atomic E-state index is 0. The van der Waals surface area contributed by atoms with Crippen molar-refractivity contribution in [1.29, 1.82) is 0 Å². The Balaban J connectivity index is 0.000000987. The molecule has 0 bridgehead atoms. The summed E-state index contributed by atoms with van der Waals surface area (Å²) < 4.78 is 0. The predicted octanol–water partition coefficient (Wildman–Crippen LogP) is 8.07. The standard InChI is InChI=1S/C18H33P.2C2H4.Ti/c1-4-10-16(11-5-1)19(17-12-6-2-7-13-17)18-14-8-3-9-15-18;2*1-2;/h16-18H,1-15H2;2*1-2H2;. The van der Waals surface area contributed by atoms with Crippen LogP contribution in [0.3, 0.4) is 0 Å². The van der Waals surface area contributed by atoms with Crippen LogP contribution in [0.2, 0.25) is 0 Å². The molecule has 0 aromatic rings. The van der Waals surface area contributed by atoms with Crippen molar-refractivity contribution in [3.05, 3.63) is 26.3 Å². The fourth-order valence-electron chi connectivity index (χ4n) is 5.03. The summed E-state index contributed by atoms with van der Waals surface area (Å²) in [4.78, 5) is 0. The molecular weight excluding hydrogens is 343 g/mol. The smallest absolute Gasteiger partial charge is 0 e. The maximum atomic E-state index is 3.00. The molecule has 0 aromatic heterocycles. The minimum Gasteiger partial charge on any atom is -0.106 e. The van der Waals surface area contributed by atoms with Gasteiger partial charge in [-0.05, 0) is 55.5 Å². The summed E-state index contributed by atoms with van der Waals surface area (Å²) in [6.45, 7) is 12.0. The van der Waals surface area contributed by atoms with Gasteiger partial charge in [0, 0.05) is 21.7 Å². The van der Waals surface area contributed by atoms with Gasteiger partial charge in [0.1, 0.15) is 0 Å². The summed E-state index contributed by atoms with van der Waals surface area (Å²) in [6, 6.07) is 0. The molecule has 3 saturated carbocycles. The molecule has 0 atom stereocenters. The van der Waals surface area contributed by atoms with Gasteiger partial charge in [-0.2, -0.15) is 0 Å². The molecule has 0 nitrogen and oxygen atoms in total. The van der Waals surface area contributed by atoms with E-state index in [0.29, 0.717) is 7.92 Å². The Morgan fingerprint density at radius 3 is 0.833 bits per heavy atom. The molecule has 0 radical (unpaired) electrons. The van der Waals surface area contributed by atoms with E-state index < -0.39 is 0 Å². The normalized spacial score (nSPS) is 23.2. The number of hydrogen-bond acceptors (Lipinski definition) is 0. The molecule has 0 heterocycles. The van der Waals surface area contributed by atoms with E-state index >= 15 is 0 Å². The first kappa shape index (κ1) is 24.6. The molecule has 3 rings (SSSR count). The molecule has 24 heavy (non-hydrogen) atoms. The van der Waals surface area contributed by atoms with Crippen molar-refractivity contribution in [3.63, 3.8) is 0 Å². The molecule has 0 saturated heterocycles. The SMILES string of the molecule is C1CCC(P(C2CCCCC2)C2CCCCC2)CC1.C=C.C=C.[Ti]. The quantitative estimate of drug-likeness (QED) is 0.262. The monoisotopic (exact) mass is 384 g/mol. The second-order valence-corrected chi connectivity index (χ2v) is 10.4. The molecule has 0 aromatic carbocycles. The van der Waals surface area contributed by atoms with E-state index in [1.165, 1.54) is 36.2 Å². The predicted molar refractivity (Wildman–Crippen MR) is 110 cm³/mol. The molecule has 3 aliphatic carbocycles. The van der Waals surface area contributed by atoms with Gasteiger partial charge in [0.15, 0.2) is 0 Å². The fraction of sp³-hybridized carbons (Fsp3) is 0.818. The zero-order chi connectivity index (χ0) is 16.9. The van der Waals surface area contributed by atoms with Gasteiger partial charge >= 0.3 is 0 Å². The van der Waals surface area contributed by atoms with Gasteiger partial charge in [-0.3, -0.25) is 0 Å². The van der Waals surface area contributed by atoms with Crippen molar-refractivity contribution >= 4 is 7.92 Å². The third-order valence-electron chi connectivity index (χ3n) is 5.99. The van der Waals surface area contributed by atoms with Crippen LogP contribution in [0, 0.1) is 0 Å². The Bertz CT molecular complexity index is 231. The molecule has 138 valence electrons. The van der Waals surface area contributed by atoms with E-state index in [0.717, 1.165) is 0 Å². The van der Waals surface area contributed by atoms with E-state index in [9.17, 15) is 0 Å². The van der Waals surface area contributed by atoms with E-state index in [1.54, 1.807) is 77.0 Å². The van der Waals surface area contributed by atoms with Crippen molar-refractivity contribution in [1.82, 2.24) is 0 Å². The third-order valence-corrected chi connectivity index (χ3v) is 10.1. The van der Waals surface area contributed by atoms with Gasteiger partial charge < -0.3 is 0 Å². The van der Waals surface area contributed by atoms with Crippen LogP contribution in [0.25, 0.3) is 0 Å². The van der Waals surface area contributed by atoms with Crippen LogP contribution in [0.5, 0.6) is 0 Å². The molecular formula is C22H41PTi. The summed E-state index contributed by atoms with van der Waals surface area (Å²) in [5, 5.41) is 0. The van der Waals surface area contributed by atoms with Gasteiger partial charge in [-0.15, -0.1) is 26.3 Å². The van der Waals surface area contributed by atoms with Crippen LogP contribution in [0.15, 0.2) is 26.3 Å². The minimum absolute atomic E-state index is 0. The Morgan fingerprint density at radius 1 is 0.417 bits per heavy atom. The molecule has 3 fully saturated rings. The first-order chi connectivity index (χ1) is 11.4. The van der Waals surface area contributed by atoms with E-state index in [1.807, 2.05) is 0 Å². The van der Waals surface area contributed by atoms with Crippen LogP contribution in [-0.4, -0.2) is 17.0 Å². The van der Waals surface area contributed by atoms with Crippen LogP contribution < -0.4 is 0 Å². The summed E-state index contributed by atoms with van der Waals surface area (Å²) >= 11 is 0. The number of rotatable bonds is 3. The van der Waals surface area contributed by atoms with Crippen molar-refractivity contribution in [2.24, 2.45) is 0 Å². The first-order valence-electron chi connectivity index (χ1n) is 10.2. The van der Waals surface area contributed by atoms with Crippen molar-refractivity contribution in [2.75, 3.05) is 0 Å². The average molecular weight is 384 g/mol. The zero-order valence-corrected chi connectivity index (χ0v) is 18.6. The second-order valence-electron chi connectivity index (χ2n) is 7.32. The van der Waals surface area contributed by atoms with Crippen LogP contribution >= 0.6 is 7.92 Å². The van der Waals surface area contributed by atoms with Gasteiger partial charge in [0.2, 0.25) is 0 Å². The molecule has 0 amide bonds. The molecule has 0 spiro atoms. The Hall–Kier alpha value is 0.624. The summed E-state index contributed by atoms with van der Waals surface area (Å²) in [5.41, 5.74) is 3.57. The molecule has 2 heteroatoms. The summed E-state index contributed by atoms with van der Waals surface area (Å²) in [7, 11) is 0.385. The molecule has 3 aliphatic rings. The van der Waals surface area contributed by atoms with E-state index in [4.69, 9.17) is 0 Å². The van der Waals surface area contributed by atoms with Crippen molar-refractivity contribution < 1.29 is 21.7 Å². The third kappa shape index (κ3) is 7.89. The average Bonchev–Trinajstić information content (AvgIpc) is 2.68.